The van der Waals surface area contributed by atoms with Crippen LogP contribution >= 0.6 is 0 Å². The number of aliphatic hydroxyl groups excluding tert-OH is 1. The lowest BCUT2D eigenvalue weighted by atomic mass is 9.86. The Morgan fingerprint density at radius 2 is 2.14 bits per heavy atom. The first kappa shape index (κ1) is 18.9. The molecule has 0 bridgehead atoms. The molecule has 0 radical (unpaired) electrons. The van der Waals surface area contributed by atoms with Gasteiger partial charge in [0.1, 0.15) is 11.5 Å². The summed E-state index contributed by atoms with van der Waals surface area (Å²) < 4.78 is 1.91. The molecule has 7 heteroatoms. The first-order valence-corrected chi connectivity index (χ1v) is 9.52. The van der Waals surface area contributed by atoms with Gasteiger partial charge in [-0.2, -0.15) is 0 Å². The summed E-state index contributed by atoms with van der Waals surface area (Å²) in [6.07, 6.45) is 3.61. The standard InChI is InChI=1S/C21H27N5O2/c1-20(2)17(10-23-20)25-18-7-5-6-15(24-18)16-9-22-19-8-13(12-27)14(11-26(16)19)21(3,4)28/h5-9,11,17,23,27-28H,10,12H2,1-4H3,(H,24,25). The molecule has 1 aliphatic heterocycles. The Labute approximate surface area is 164 Å². The van der Waals surface area contributed by atoms with Gasteiger partial charge in [0.15, 0.2) is 0 Å². The number of fused-ring (bicyclic) bond motifs is 1. The fourth-order valence-electron chi connectivity index (χ4n) is 3.61. The fourth-order valence-corrected chi connectivity index (χ4v) is 3.61. The molecule has 1 saturated heterocycles. The Kier molecular flexibility index (Phi) is 4.41. The number of aliphatic hydroxyl groups is 2. The highest BCUT2D eigenvalue weighted by atomic mass is 16.3. The average Bonchev–Trinajstić information content (AvgIpc) is 3.07. The summed E-state index contributed by atoms with van der Waals surface area (Å²) in [4.78, 5) is 9.24. The van der Waals surface area contributed by atoms with Gasteiger partial charge in [-0.05, 0) is 51.5 Å². The first-order valence-electron chi connectivity index (χ1n) is 9.52. The van der Waals surface area contributed by atoms with Crippen LogP contribution in [-0.4, -0.2) is 42.7 Å². The van der Waals surface area contributed by atoms with Crippen LogP contribution in [-0.2, 0) is 12.2 Å². The van der Waals surface area contributed by atoms with Crippen LogP contribution in [0.2, 0.25) is 0 Å². The highest BCUT2D eigenvalue weighted by Gasteiger charge is 2.38. The second-order valence-electron chi connectivity index (χ2n) is 8.51. The van der Waals surface area contributed by atoms with E-state index in [1.165, 1.54) is 0 Å². The topological polar surface area (TPSA) is 94.7 Å². The second kappa shape index (κ2) is 6.55. The second-order valence-corrected chi connectivity index (χ2v) is 8.51. The van der Waals surface area contributed by atoms with Gasteiger partial charge in [0.25, 0.3) is 0 Å². The molecule has 1 aliphatic rings. The summed E-state index contributed by atoms with van der Waals surface area (Å²) in [6, 6.07) is 8.02. The lowest BCUT2D eigenvalue weighted by Gasteiger charge is -2.46. The number of nitrogens with zero attached hydrogens (tertiary/aromatic N) is 3. The zero-order chi connectivity index (χ0) is 20.1. The van der Waals surface area contributed by atoms with E-state index >= 15 is 0 Å². The van der Waals surface area contributed by atoms with E-state index in [0.29, 0.717) is 22.8 Å². The van der Waals surface area contributed by atoms with Crippen molar-refractivity contribution in [3.63, 3.8) is 0 Å². The van der Waals surface area contributed by atoms with Crippen LogP contribution in [0.15, 0.2) is 36.7 Å². The van der Waals surface area contributed by atoms with Crippen molar-refractivity contribution in [2.75, 3.05) is 11.9 Å². The molecular formula is C21H27N5O2. The van der Waals surface area contributed by atoms with Gasteiger partial charge in [-0.25, -0.2) is 9.97 Å². The molecule has 0 spiro atoms. The lowest BCUT2D eigenvalue weighted by Crippen LogP contribution is -2.68. The van der Waals surface area contributed by atoms with Crippen molar-refractivity contribution >= 4 is 11.5 Å². The van der Waals surface area contributed by atoms with Crippen LogP contribution in [0.1, 0.15) is 38.8 Å². The minimum Gasteiger partial charge on any atom is -0.392 e. The van der Waals surface area contributed by atoms with Gasteiger partial charge in [-0.3, -0.25) is 4.40 Å². The lowest BCUT2D eigenvalue weighted by molar-refractivity contribution is 0.0755. The Balaban J connectivity index is 1.74. The molecule has 0 saturated carbocycles. The maximum Gasteiger partial charge on any atom is 0.137 e. The summed E-state index contributed by atoms with van der Waals surface area (Å²) in [5.41, 5.74) is 2.63. The normalized spacial score (nSPS) is 18.9. The quantitative estimate of drug-likeness (QED) is 0.542. The molecule has 4 heterocycles. The fraction of sp³-hybridized carbons (Fsp3) is 0.429. The van der Waals surface area contributed by atoms with Gasteiger partial charge in [0.05, 0.1) is 35.8 Å². The Hall–Kier alpha value is -2.48. The van der Waals surface area contributed by atoms with E-state index in [2.05, 4.69) is 29.5 Å². The molecule has 148 valence electrons. The average molecular weight is 381 g/mol. The highest BCUT2D eigenvalue weighted by molar-refractivity contribution is 5.63. The third-order valence-electron chi connectivity index (χ3n) is 5.53. The van der Waals surface area contributed by atoms with Crippen molar-refractivity contribution in [2.45, 2.75) is 51.5 Å². The number of aromatic nitrogens is 3. The minimum absolute atomic E-state index is 0.0449. The van der Waals surface area contributed by atoms with E-state index in [1.807, 2.05) is 34.9 Å². The molecule has 1 fully saturated rings. The predicted octanol–water partition coefficient (Wildman–Crippen LogP) is 2.28. The third kappa shape index (κ3) is 3.26. The number of anilines is 1. The van der Waals surface area contributed by atoms with Gasteiger partial charge in [0.2, 0.25) is 0 Å². The SMILES string of the molecule is CC(C)(O)c1cn2c(-c3cccc(NC4CNC4(C)C)n3)cnc2cc1CO. The molecule has 7 nitrogen and oxygen atoms in total. The summed E-state index contributed by atoms with van der Waals surface area (Å²) in [5.74, 6) is 0.821. The van der Waals surface area contributed by atoms with Gasteiger partial charge in [-0.15, -0.1) is 0 Å². The Morgan fingerprint density at radius 1 is 1.36 bits per heavy atom. The number of imidazole rings is 1. The van der Waals surface area contributed by atoms with E-state index in [1.54, 1.807) is 20.0 Å². The molecule has 0 amide bonds. The molecule has 28 heavy (non-hydrogen) atoms. The van der Waals surface area contributed by atoms with Crippen molar-refractivity contribution < 1.29 is 10.2 Å². The zero-order valence-electron chi connectivity index (χ0n) is 16.7. The number of hydrogen-bond acceptors (Lipinski definition) is 6. The summed E-state index contributed by atoms with van der Waals surface area (Å²) in [5, 5.41) is 27.1. The number of nitrogens with one attached hydrogen (secondary N) is 2. The summed E-state index contributed by atoms with van der Waals surface area (Å²) >= 11 is 0. The highest BCUT2D eigenvalue weighted by Crippen LogP contribution is 2.29. The predicted molar refractivity (Wildman–Crippen MR) is 109 cm³/mol. The molecular weight excluding hydrogens is 354 g/mol. The Bertz CT molecular complexity index is 1020. The van der Waals surface area contributed by atoms with Gasteiger partial charge < -0.3 is 20.8 Å². The molecule has 4 N–H and O–H groups in total. The summed E-state index contributed by atoms with van der Waals surface area (Å²) in [6.45, 7) is 8.51. The van der Waals surface area contributed by atoms with Crippen molar-refractivity contribution in [3.05, 3.63) is 47.8 Å². The van der Waals surface area contributed by atoms with E-state index in [0.717, 1.165) is 23.8 Å². The number of pyridine rings is 2. The maximum absolute atomic E-state index is 10.5. The molecule has 3 aromatic heterocycles. The molecule has 0 aromatic carbocycles. The van der Waals surface area contributed by atoms with Gasteiger partial charge in [0, 0.05) is 23.8 Å². The minimum atomic E-state index is -1.08. The summed E-state index contributed by atoms with van der Waals surface area (Å²) in [7, 11) is 0. The van der Waals surface area contributed by atoms with Crippen molar-refractivity contribution in [1.82, 2.24) is 19.7 Å². The number of hydrogen-bond donors (Lipinski definition) is 4. The molecule has 4 rings (SSSR count). The van der Waals surface area contributed by atoms with Crippen molar-refractivity contribution in [3.8, 4) is 11.4 Å². The van der Waals surface area contributed by atoms with Gasteiger partial charge >= 0.3 is 0 Å². The molecule has 0 aliphatic carbocycles. The monoisotopic (exact) mass is 381 g/mol. The molecule has 1 unspecified atom stereocenters. The largest absolute Gasteiger partial charge is 0.392 e. The van der Waals surface area contributed by atoms with E-state index in [-0.39, 0.29) is 12.1 Å². The third-order valence-corrected chi connectivity index (χ3v) is 5.53. The van der Waals surface area contributed by atoms with Crippen LogP contribution in [0, 0.1) is 0 Å². The van der Waals surface area contributed by atoms with E-state index < -0.39 is 5.60 Å². The van der Waals surface area contributed by atoms with Crippen LogP contribution in [0.25, 0.3) is 17.0 Å². The zero-order valence-corrected chi connectivity index (χ0v) is 16.7. The van der Waals surface area contributed by atoms with Crippen molar-refractivity contribution in [1.29, 1.82) is 0 Å². The maximum atomic E-state index is 10.5. The van der Waals surface area contributed by atoms with Crippen LogP contribution in [0.3, 0.4) is 0 Å². The smallest absolute Gasteiger partial charge is 0.137 e. The van der Waals surface area contributed by atoms with Crippen molar-refractivity contribution in [2.24, 2.45) is 0 Å². The number of rotatable bonds is 5. The van der Waals surface area contributed by atoms with Gasteiger partial charge in [-0.1, -0.05) is 6.07 Å². The van der Waals surface area contributed by atoms with Crippen LogP contribution in [0.5, 0.6) is 0 Å². The first-order chi connectivity index (χ1) is 13.2. The molecule has 3 aromatic rings. The molecule has 1 atom stereocenters. The van der Waals surface area contributed by atoms with E-state index in [9.17, 15) is 10.2 Å². The van der Waals surface area contributed by atoms with Crippen LogP contribution in [0.4, 0.5) is 5.82 Å². The Morgan fingerprint density at radius 3 is 2.75 bits per heavy atom. The van der Waals surface area contributed by atoms with E-state index in [4.69, 9.17) is 4.98 Å². The van der Waals surface area contributed by atoms with Crippen LogP contribution < -0.4 is 10.6 Å².